The fourth-order valence-corrected chi connectivity index (χ4v) is 4.64. The molecular weight excluding hydrogens is 274 g/mol. The molecule has 5 nitrogen and oxygen atoms in total. The van der Waals surface area contributed by atoms with Crippen molar-refractivity contribution in [2.75, 3.05) is 33.2 Å². The first-order valence-electron chi connectivity index (χ1n) is 7.84. The van der Waals surface area contributed by atoms with Gasteiger partial charge in [0.15, 0.2) is 0 Å². The summed E-state index contributed by atoms with van der Waals surface area (Å²) >= 11 is 0. The number of hydrogen-bond donors (Lipinski definition) is 1. The van der Waals surface area contributed by atoms with Crippen LogP contribution in [-0.2, 0) is 10.2 Å². The van der Waals surface area contributed by atoms with Crippen molar-refractivity contribution >= 4 is 10.2 Å². The predicted octanol–water partition coefficient (Wildman–Crippen LogP) is 1.28. The largest absolute Gasteiger partial charge is 0.314 e. The molecule has 0 aromatic carbocycles. The molecule has 1 aliphatic carbocycles. The van der Waals surface area contributed by atoms with Crippen LogP contribution in [0.2, 0.25) is 0 Å². The summed E-state index contributed by atoms with van der Waals surface area (Å²) in [5, 5.41) is 3.42. The van der Waals surface area contributed by atoms with E-state index in [2.05, 4.69) is 19.2 Å². The van der Waals surface area contributed by atoms with E-state index in [4.69, 9.17) is 0 Å². The highest BCUT2D eigenvalue weighted by atomic mass is 32.2. The van der Waals surface area contributed by atoms with E-state index in [1.54, 1.807) is 11.4 Å². The van der Waals surface area contributed by atoms with Gasteiger partial charge in [-0.25, -0.2) is 0 Å². The van der Waals surface area contributed by atoms with Gasteiger partial charge in [0.25, 0.3) is 10.2 Å². The van der Waals surface area contributed by atoms with Crippen LogP contribution in [0.1, 0.15) is 39.5 Å². The van der Waals surface area contributed by atoms with Gasteiger partial charge in [-0.3, -0.25) is 0 Å². The van der Waals surface area contributed by atoms with E-state index in [1.165, 1.54) is 17.1 Å². The molecule has 20 heavy (non-hydrogen) atoms. The van der Waals surface area contributed by atoms with Crippen LogP contribution in [0.25, 0.3) is 0 Å². The highest BCUT2D eigenvalue weighted by Crippen LogP contribution is 2.24. The Hall–Kier alpha value is -0.170. The van der Waals surface area contributed by atoms with E-state index in [-0.39, 0.29) is 0 Å². The highest BCUT2D eigenvalue weighted by molar-refractivity contribution is 7.86. The maximum absolute atomic E-state index is 12.5. The molecule has 0 aromatic heterocycles. The predicted molar refractivity (Wildman–Crippen MR) is 81.7 cm³/mol. The molecule has 0 spiro atoms. The molecule has 2 aliphatic rings. The van der Waals surface area contributed by atoms with Crippen LogP contribution < -0.4 is 5.32 Å². The maximum Gasteiger partial charge on any atom is 0.281 e. The molecule has 0 amide bonds. The van der Waals surface area contributed by atoms with Gasteiger partial charge in [0.2, 0.25) is 0 Å². The molecule has 1 saturated carbocycles. The molecule has 0 radical (unpaired) electrons. The monoisotopic (exact) mass is 303 g/mol. The second-order valence-corrected chi connectivity index (χ2v) is 8.71. The molecule has 2 rings (SSSR count). The van der Waals surface area contributed by atoms with E-state index in [0.29, 0.717) is 37.5 Å². The van der Waals surface area contributed by atoms with Crippen molar-refractivity contribution in [1.29, 1.82) is 0 Å². The lowest BCUT2D eigenvalue weighted by Crippen LogP contribution is -2.48. The van der Waals surface area contributed by atoms with Crippen molar-refractivity contribution in [3.63, 3.8) is 0 Å². The van der Waals surface area contributed by atoms with Crippen LogP contribution >= 0.6 is 0 Å². The topological polar surface area (TPSA) is 52.7 Å². The third-order valence-corrected chi connectivity index (χ3v) is 6.14. The van der Waals surface area contributed by atoms with Crippen molar-refractivity contribution in [2.24, 2.45) is 11.8 Å². The van der Waals surface area contributed by atoms with E-state index in [0.717, 1.165) is 19.4 Å². The van der Waals surface area contributed by atoms with Crippen LogP contribution in [0.4, 0.5) is 0 Å². The molecule has 1 aliphatic heterocycles. The Morgan fingerprint density at radius 1 is 1.20 bits per heavy atom. The molecule has 0 aromatic rings. The summed E-state index contributed by atoms with van der Waals surface area (Å²) in [7, 11) is -1.57. The number of nitrogens with one attached hydrogen (secondary N) is 1. The van der Waals surface area contributed by atoms with Gasteiger partial charge >= 0.3 is 0 Å². The Labute approximate surface area is 123 Å². The first-order chi connectivity index (χ1) is 9.39. The molecule has 1 saturated heterocycles. The first kappa shape index (κ1) is 16.2. The van der Waals surface area contributed by atoms with Crippen LogP contribution in [-0.4, -0.2) is 56.3 Å². The third kappa shape index (κ3) is 4.41. The second kappa shape index (κ2) is 6.73. The number of hydrogen-bond acceptors (Lipinski definition) is 3. The summed E-state index contributed by atoms with van der Waals surface area (Å²) in [6.07, 6.45) is 4.56. The molecule has 0 bridgehead atoms. The van der Waals surface area contributed by atoms with Crippen molar-refractivity contribution in [2.45, 2.75) is 45.6 Å². The van der Waals surface area contributed by atoms with Gasteiger partial charge in [0, 0.05) is 32.7 Å². The van der Waals surface area contributed by atoms with Crippen LogP contribution in [0.5, 0.6) is 0 Å². The molecule has 2 fully saturated rings. The summed E-state index contributed by atoms with van der Waals surface area (Å²) < 4.78 is 28.3. The Morgan fingerprint density at radius 3 is 2.35 bits per heavy atom. The average molecular weight is 303 g/mol. The summed E-state index contributed by atoms with van der Waals surface area (Å²) in [5.41, 5.74) is 0. The number of nitrogens with zero attached hydrogens (tertiary/aromatic N) is 2. The Morgan fingerprint density at radius 2 is 1.80 bits per heavy atom. The molecule has 2 atom stereocenters. The summed E-state index contributed by atoms with van der Waals surface area (Å²) in [6, 6.07) is 0.695. The average Bonchev–Trinajstić information content (AvgIpc) is 3.17. The lowest BCUT2D eigenvalue weighted by Gasteiger charge is -2.36. The van der Waals surface area contributed by atoms with Crippen molar-refractivity contribution in [1.82, 2.24) is 13.9 Å². The minimum atomic E-state index is -3.27. The van der Waals surface area contributed by atoms with Gasteiger partial charge in [-0.1, -0.05) is 13.8 Å². The highest BCUT2D eigenvalue weighted by Gasteiger charge is 2.32. The van der Waals surface area contributed by atoms with Gasteiger partial charge < -0.3 is 5.32 Å². The molecule has 1 heterocycles. The normalized spacial score (nSPS) is 29.0. The molecule has 1 N–H and O–H groups in total. The van der Waals surface area contributed by atoms with E-state index >= 15 is 0 Å². The fraction of sp³-hybridized carbons (Fsp3) is 1.00. The van der Waals surface area contributed by atoms with E-state index in [1.807, 2.05) is 0 Å². The Balaban J connectivity index is 1.80. The smallest absolute Gasteiger partial charge is 0.281 e. The summed E-state index contributed by atoms with van der Waals surface area (Å²) in [4.78, 5) is 0. The number of piperidine rings is 1. The Bertz CT molecular complexity index is 399. The quantitative estimate of drug-likeness (QED) is 0.721. The van der Waals surface area contributed by atoms with E-state index < -0.39 is 10.2 Å². The van der Waals surface area contributed by atoms with Crippen molar-refractivity contribution in [3.8, 4) is 0 Å². The van der Waals surface area contributed by atoms with Gasteiger partial charge in [0.1, 0.15) is 0 Å². The zero-order valence-corrected chi connectivity index (χ0v) is 13.8. The minimum absolute atomic E-state index is 0.457. The lowest BCUT2D eigenvalue weighted by atomic mass is 9.94. The van der Waals surface area contributed by atoms with Crippen LogP contribution in [0.15, 0.2) is 0 Å². The fourth-order valence-electron chi connectivity index (χ4n) is 3.00. The SMILES string of the molecule is CC1CC(C)CN(S(=O)(=O)N(C)CCCNC2CC2)C1. The standard InChI is InChI=1S/C14H29N3O2S/c1-12-9-13(2)11-17(10-12)20(18,19)16(3)8-4-7-15-14-5-6-14/h12-15H,4-11H2,1-3H3. The second-order valence-electron chi connectivity index (χ2n) is 6.67. The minimum Gasteiger partial charge on any atom is -0.314 e. The van der Waals surface area contributed by atoms with Crippen molar-refractivity contribution < 1.29 is 8.42 Å². The van der Waals surface area contributed by atoms with Gasteiger partial charge in [0.05, 0.1) is 0 Å². The first-order valence-corrected chi connectivity index (χ1v) is 9.24. The molecule has 6 heteroatoms. The third-order valence-electron chi connectivity index (χ3n) is 4.22. The lowest BCUT2D eigenvalue weighted by molar-refractivity contribution is 0.211. The van der Waals surface area contributed by atoms with Crippen LogP contribution in [0.3, 0.4) is 0 Å². The summed E-state index contributed by atoms with van der Waals surface area (Å²) in [5.74, 6) is 0.914. The zero-order valence-electron chi connectivity index (χ0n) is 13.0. The van der Waals surface area contributed by atoms with Gasteiger partial charge in [-0.05, 0) is 44.1 Å². The number of rotatable bonds is 7. The van der Waals surface area contributed by atoms with Crippen molar-refractivity contribution in [3.05, 3.63) is 0 Å². The van der Waals surface area contributed by atoms with Gasteiger partial charge in [-0.15, -0.1) is 0 Å². The van der Waals surface area contributed by atoms with Crippen LogP contribution in [0, 0.1) is 11.8 Å². The zero-order chi connectivity index (χ0) is 14.8. The summed E-state index contributed by atoms with van der Waals surface area (Å²) in [6.45, 7) is 7.11. The molecular formula is C14H29N3O2S. The maximum atomic E-state index is 12.5. The van der Waals surface area contributed by atoms with E-state index in [9.17, 15) is 8.42 Å². The molecule has 2 unspecified atom stereocenters. The van der Waals surface area contributed by atoms with Gasteiger partial charge in [-0.2, -0.15) is 17.0 Å². The molecule has 118 valence electrons. The Kier molecular flexibility index (Phi) is 5.45.